The number of ether oxygens (including phenoxy) is 1. The summed E-state index contributed by atoms with van der Waals surface area (Å²) < 4.78 is 5.62. The standard InChI is InChI=1S/C26H30N2O6/c1-25(22(30)28-26(2,15-29)23(31)32)13-7-12-21(25)27-24(33)34-14-20-18-10-5-3-8-16(18)17-9-4-6-11-19(17)20/h3-6,8-11,20-21,29H,7,12-15H2,1-2H3,(H,27,33)(H,28,30)(H,31,32). The molecule has 1 fully saturated rings. The van der Waals surface area contributed by atoms with Crippen molar-refractivity contribution in [1.29, 1.82) is 0 Å². The normalized spacial score (nSPS) is 22.9. The van der Waals surface area contributed by atoms with E-state index in [0.29, 0.717) is 19.3 Å². The molecule has 0 spiro atoms. The molecule has 0 heterocycles. The van der Waals surface area contributed by atoms with E-state index in [0.717, 1.165) is 22.3 Å². The van der Waals surface area contributed by atoms with Crippen molar-refractivity contribution < 1.29 is 29.3 Å². The van der Waals surface area contributed by atoms with Crippen LogP contribution in [0, 0.1) is 5.41 Å². The van der Waals surface area contributed by atoms with Crippen LogP contribution in [0.1, 0.15) is 50.2 Å². The van der Waals surface area contributed by atoms with E-state index < -0.39 is 41.6 Å². The molecule has 0 bridgehead atoms. The van der Waals surface area contributed by atoms with E-state index >= 15 is 0 Å². The Bertz CT molecular complexity index is 1070. The largest absolute Gasteiger partial charge is 0.479 e. The number of aliphatic carboxylic acids is 1. The Morgan fingerprint density at radius 2 is 1.68 bits per heavy atom. The first kappa shape index (κ1) is 23.8. The van der Waals surface area contributed by atoms with Crippen molar-refractivity contribution in [1.82, 2.24) is 10.6 Å². The highest BCUT2D eigenvalue weighted by molar-refractivity contribution is 5.90. The lowest BCUT2D eigenvalue weighted by atomic mass is 9.82. The van der Waals surface area contributed by atoms with Crippen LogP contribution in [-0.4, -0.2) is 53.0 Å². The van der Waals surface area contributed by atoms with Gasteiger partial charge in [-0.3, -0.25) is 4.79 Å². The summed E-state index contributed by atoms with van der Waals surface area (Å²) in [5.41, 5.74) is 1.68. The Labute approximate surface area is 198 Å². The highest BCUT2D eigenvalue weighted by Crippen LogP contribution is 2.44. The van der Waals surface area contributed by atoms with E-state index in [1.165, 1.54) is 6.92 Å². The molecular weight excluding hydrogens is 436 g/mol. The fourth-order valence-electron chi connectivity index (χ4n) is 5.01. The van der Waals surface area contributed by atoms with Crippen molar-refractivity contribution in [2.45, 2.75) is 50.6 Å². The van der Waals surface area contributed by atoms with Crippen LogP contribution in [0.2, 0.25) is 0 Å². The van der Waals surface area contributed by atoms with Crippen LogP contribution in [0.4, 0.5) is 4.79 Å². The number of carbonyl (C=O) groups is 3. The van der Waals surface area contributed by atoms with Crippen molar-refractivity contribution in [2.75, 3.05) is 13.2 Å². The maximum atomic E-state index is 13.0. The highest BCUT2D eigenvalue weighted by atomic mass is 16.5. The van der Waals surface area contributed by atoms with Gasteiger partial charge in [0.2, 0.25) is 5.91 Å². The average molecular weight is 467 g/mol. The van der Waals surface area contributed by atoms with Crippen molar-refractivity contribution in [3.63, 3.8) is 0 Å². The summed E-state index contributed by atoms with van der Waals surface area (Å²) in [5.74, 6) is -1.92. The minimum atomic E-state index is -1.79. The molecule has 2 aromatic carbocycles. The van der Waals surface area contributed by atoms with Crippen molar-refractivity contribution in [3.8, 4) is 11.1 Å². The Hall–Kier alpha value is -3.39. The summed E-state index contributed by atoms with van der Waals surface area (Å²) in [7, 11) is 0. The van der Waals surface area contributed by atoms with Gasteiger partial charge in [0.25, 0.3) is 0 Å². The maximum Gasteiger partial charge on any atom is 0.407 e. The number of hydrogen-bond acceptors (Lipinski definition) is 5. The van der Waals surface area contributed by atoms with Crippen molar-refractivity contribution in [3.05, 3.63) is 59.7 Å². The number of nitrogens with one attached hydrogen (secondary N) is 2. The van der Waals surface area contributed by atoms with Crippen molar-refractivity contribution >= 4 is 18.0 Å². The maximum absolute atomic E-state index is 13.0. The first-order chi connectivity index (χ1) is 16.2. The van der Waals surface area contributed by atoms with E-state index in [2.05, 4.69) is 22.8 Å². The van der Waals surface area contributed by atoms with Gasteiger partial charge < -0.3 is 25.6 Å². The van der Waals surface area contributed by atoms with Crippen LogP contribution < -0.4 is 10.6 Å². The molecule has 180 valence electrons. The van der Waals surface area contributed by atoms with Gasteiger partial charge in [-0.05, 0) is 48.9 Å². The molecule has 3 atom stereocenters. The number of carboxylic acid groups (broad SMARTS) is 1. The van der Waals surface area contributed by atoms with Crippen LogP contribution >= 0.6 is 0 Å². The van der Waals surface area contributed by atoms with Crippen LogP contribution in [0.25, 0.3) is 11.1 Å². The third kappa shape index (κ3) is 4.14. The molecule has 2 aromatic rings. The number of alkyl carbamates (subject to hydrolysis) is 1. The van der Waals surface area contributed by atoms with E-state index in [9.17, 15) is 24.6 Å². The van der Waals surface area contributed by atoms with E-state index in [4.69, 9.17) is 4.74 Å². The second kappa shape index (κ2) is 9.10. The zero-order valence-corrected chi connectivity index (χ0v) is 19.3. The average Bonchev–Trinajstić information content (AvgIpc) is 3.36. The third-order valence-electron chi connectivity index (χ3n) is 7.29. The molecule has 4 rings (SSSR count). The second-order valence-electron chi connectivity index (χ2n) is 9.58. The molecule has 0 saturated heterocycles. The lowest BCUT2D eigenvalue weighted by Crippen LogP contribution is -2.60. The Morgan fingerprint density at radius 3 is 2.24 bits per heavy atom. The molecule has 2 aliphatic carbocycles. The molecule has 1 saturated carbocycles. The van der Waals surface area contributed by atoms with E-state index in [1.807, 2.05) is 36.4 Å². The van der Waals surface area contributed by atoms with E-state index in [-0.39, 0.29) is 12.5 Å². The quantitative estimate of drug-likeness (QED) is 0.497. The first-order valence-corrected chi connectivity index (χ1v) is 11.5. The number of aliphatic hydroxyl groups excluding tert-OH is 1. The lowest BCUT2D eigenvalue weighted by molar-refractivity contribution is -0.150. The molecule has 0 radical (unpaired) electrons. The third-order valence-corrected chi connectivity index (χ3v) is 7.29. The molecule has 2 amide bonds. The number of carbonyl (C=O) groups excluding carboxylic acids is 2. The van der Waals surface area contributed by atoms with Gasteiger partial charge in [0.05, 0.1) is 12.0 Å². The number of amides is 2. The van der Waals surface area contributed by atoms with Gasteiger partial charge in [-0.2, -0.15) is 0 Å². The Morgan fingerprint density at radius 1 is 1.09 bits per heavy atom. The van der Waals surface area contributed by atoms with Crippen LogP contribution in [0.3, 0.4) is 0 Å². The van der Waals surface area contributed by atoms with Gasteiger partial charge in [-0.1, -0.05) is 55.0 Å². The number of rotatable bonds is 7. The van der Waals surface area contributed by atoms with Gasteiger partial charge >= 0.3 is 12.1 Å². The van der Waals surface area contributed by atoms with Crippen LogP contribution in [0.15, 0.2) is 48.5 Å². The molecule has 8 nitrogen and oxygen atoms in total. The van der Waals surface area contributed by atoms with Gasteiger partial charge in [0.15, 0.2) is 5.54 Å². The fourth-order valence-corrected chi connectivity index (χ4v) is 5.01. The molecule has 8 heteroatoms. The zero-order valence-electron chi connectivity index (χ0n) is 19.3. The molecule has 4 N–H and O–H groups in total. The smallest absolute Gasteiger partial charge is 0.407 e. The van der Waals surface area contributed by atoms with Gasteiger partial charge in [-0.25, -0.2) is 9.59 Å². The minimum absolute atomic E-state index is 0.0720. The molecule has 0 aliphatic heterocycles. The zero-order chi connectivity index (χ0) is 24.5. The van der Waals surface area contributed by atoms with Crippen LogP contribution in [0.5, 0.6) is 0 Å². The molecule has 0 aromatic heterocycles. The molecular formula is C26H30N2O6. The Balaban J connectivity index is 1.42. The van der Waals surface area contributed by atoms with Gasteiger partial charge in [0, 0.05) is 12.0 Å². The number of hydrogen-bond donors (Lipinski definition) is 4. The van der Waals surface area contributed by atoms with Gasteiger partial charge in [0.1, 0.15) is 6.61 Å². The number of fused-ring (bicyclic) bond motifs is 3. The molecule has 3 unspecified atom stereocenters. The monoisotopic (exact) mass is 466 g/mol. The lowest BCUT2D eigenvalue weighted by Gasteiger charge is -2.34. The Kier molecular flexibility index (Phi) is 6.36. The summed E-state index contributed by atoms with van der Waals surface area (Å²) in [5, 5.41) is 24.1. The number of carboxylic acids is 1. The van der Waals surface area contributed by atoms with Crippen LogP contribution in [-0.2, 0) is 14.3 Å². The van der Waals surface area contributed by atoms with Crippen molar-refractivity contribution in [2.24, 2.45) is 5.41 Å². The summed E-state index contributed by atoms with van der Waals surface area (Å²) in [6.07, 6.45) is 1.13. The highest BCUT2D eigenvalue weighted by Gasteiger charge is 2.49. The summed E-state index contributed by atoms with van der Waals surface area (Å²) in [6, 6.07) is 15.6. The SMILES string of the molecule is CC(CO)(NC(=O)C1(C)CCCC1NC(=O)OCC1c2ccccc2-c2ccccc21)C(=O)O. The fraction of sp³-hybridized carbons (Fsp3) is 0.423. The summed E-state index contributed by atoms with van der Waals surface area (Å²) >= 11 is 0. The second-order valence-corrected chi connectivity index (χ2v) is 9.58. The summed E-state index contributed by atoms with van der Waals surface area (Å²) in [6.45, 7) is 2.37. The first-order valence-electron chi connectivity index (χ1n) is 11.5. The molecule has 2 aliphatic rings. The summed E-state index contributed by atoms with van der Waals surface area (Å²) in [4.78, 5) is 37.2. The van der Waals surface area contributed by atoms with Gasteiger partial charge in [-0.15, -0.1) is 0 Å². The van der Waals surface area contributed by atoms with E-state index in [1.54, 1.807) is 6.92 Å². The topological polar surface area (TPSA) is 125 Å². The minimum Gasteiger partial charge on any atom is -0.479 e. The number of benzene rings is 2. The number of aliphatic hydroxyl groups is 1. The molecule has 34 heavy (non-hydrogen) atoms. The predicted octanol–water partition coefficient (Wildman–Crippen LogP) is 3.04. The predicted molar refractivity (Wildman–Crippen MR) is 125 cm³/mol.